The molecule has 178 valence electrons. The lowest BCUT2D eigenvalue weighted by atomic mass is 9.88. The molecule has 1 heterocycles. The highest BCUT2D eigenvalue weighted by molar-refractivity contribution is 9.13. The summed E-state index contributed by atoms with van der Waals surface area (Å²) in [5, 5.41) is 5.13. The molecular formula is C25H25Br2N3O4. The lowest BCUT2D eigenvalue weighted by molar-refractivity contribution is -0.132. The van der Waals surface area contributed by atoms with Crippen molar-refractivity contribution >= 4 is 54.9 Å². The van der Waals surface area contributed by atoms with E-state index in [0.29, 0.717) is 43.6 Å². The molecule has 1 aromatic heterocycles. The van der Waals surface area contributed by atoms with Gasteiger partial charge in [-0.2, -0.15) is 9.78 Å². The third-order valence-corrected chi connectivity index (χ3v) is 7.91. The quantitative estimate of drug-likeness (QED) is 0.195. The smallest absolute Gasteiger partial charge is 0.308 e. The molecule has 2 aromatic carbocycles. The SMILES string of the molecule is CCOc1cc(C=Nn2c(C3CCCCC3)nc3ccccc3c2=O)c(Br)c(Br)c1OC(C)=O. The number of esters is 1. The van der Waals surface area contributed by atoms with E-state index < -0.39 is 5.97 Å². The fourth-order valence-electron chi connectivity index (χ4n) is 4.20. The summed E-state index contributed by atoms with van der Waals surface area (Å²) in [7, 11) is 0. The number of para-hydroxylation sites is 1. The molecule has 7 nitrogen and oxygen atoms in total. The van der Waals surface area contributed by atoms with Crippen LogP contribution in [0.2, 0.25) is 0 Å². The third kappa shape index (κ3) is 5.10. The molecule has 0 aliphatic heterocycles. The summed E-state index contributed by atoms with van der Waals surface area (Å²) in [5.41, 5.74) is 1.15. The van der Waals surface area contributed by atoms with E-state index in [1.165, 1.54) is 18.0 Å². The number of hydrogen-bond acceptors (Lipinski definition) is 6. The van der Waals surface area contributed by atoms with Crippen LogP contribution in [0.25, 0.3) is 10.9 Å². The van der Waals surface area contributed by atoms with E-state index in [1.807, 2.05) is 25.1 Å². The summed E-state index contributed by atoms with van der Waals surface area (Å²) in [6, 6.07) is 9.08. The third-order valence-electron chi connectivity index (χ3n) is 5.76. The van der Waals surface area contributed by atoms with Gasteiger partial charge < -0.3 is 9.47 Å². The first-order valence-corrected chi connectivity index (χ1v) is 12.9. The van der Waals surface area contributed by atoms with Gasteiger partial charge in [-0.1, -0.05) is 31.4 Å². The number of hydrogen-bond donors (Lipinski definition) is 0. The summed E-state index contributed by atoms with van der Waals surface area (Å²) in [5.74, 6) is 1.09. The van der Waals surface area contributed by atoms with Crippen molar-refractivity contribution in [1.29, 1.82) is 0 Å². The fourth-order valence-corrected chi connectivity index (χ4v) is 5.10. The van der Waals surface area contributed by atoms with Gasteiger partial charge in [0.05, 0.1) is 28.2 Å². The highest BCUT2D eigenvalue weighted by atomic mass is 79.9. The normalized spacial score (nSPS) is 14.6. The standard InChI is InChI=1S/C25H25Br2N3O4/c1-3-33-20-13-17(21(26)22(27)23(20)34-15(2)31)14-28-30-24(16-9-5-4-6-10-16)29-19-12-8-7-11-18(19)25(30)32/h7-8,11-14,16H,3-6,9-10H2,1-2H3. The Bertz CT molecular complexity index is 1310. The van der Waals surface area contributed by atoms with Gasteiger partial charge in [0.2, 0.25) is 0 Å². The highest BCUT2D eigenvalue weighted by Gasteiger charge is 2.23. The number of nitrogens with zero attached hydrogens (tertiary/aromatic N) is 3. The molecule has 0 N–H and O–H groups in total. The first kappa shape index (κ1) is 24.6. The Morgan fingerprint density at radius 1 is 1.21 bits per heavy atom. The minimum atomic E-state index is -0.458. The summed E-state index contributed by atoms with van der Waals surface area (Å²) >= 11 is 7.03. The molecule has 0 spiro atoms. The number of ether oxygens (including phenoxy) is 2. The molecule has 0 amide bonds. The van der Waals surface area contributed by atoms with Crippen molar-refractivity contribution in [2.45, 2.75) is 51.9 Å². The lowest BCUT2D eigenvalue weighted by Gasteiger charge is -2.22. The predicted octanol–water partition coefficient (Wildman–Crippen LogP) is 6.18. The molecule has 3 aromatic rings. The number of halogens is 2. The van der Waals surface area contributed by atoms with Gasteiger partial charge in [0.15, 0.2) is 11.5 Å². The number of fused-ring (bicyclic) bond motifs is 1. The van der Waals surface area contributed by atoms with Crippen LogP contribution >= 0.6 is 31.9 Å². The summed E-state index contributed by atoms with van der Waals surface area (Å²) in [6.45, 7) is 3.56. The molecule has 9 heteroatoms. The molecule has 0 unspecified atom stereocenters. The Labute approximate surface area is 214 Å². The van der Waals surface area contributed by atoms with E-state index in [4.69, 9.17) is 14.5 Å². The number of carbonyl (C=O) groups is 1. The second kappa shape index (κ2) is 10.8. The lowest BCUT2D eigenvalue weighted by Crippen LogP contribution is -2.25. The van der Waals surface area contributed by atoms with Crippen molar-refractivity contribution in [2.24, 2.45) is 5.10 Å². The van der Waals surface area contributed by atoms with Crippen molar-refractivity contribution in [3.8, 4) is 11.5 Å². The van der Waals surface area contributed by atoms with Gasteiger partial charge in [0.25, 0.3) is 5.56 Å². The van der Waals surface area contributed by atoms with Crippen LogP contribution in [0.15, 0.2) is 49.2 Å². The molecular weight excluding hydrogens is 566 g/mol. The number of benzene rings is 2. The van der Waals surface area contributed by atoms with Gasteiger partial charge in [-0.3, -0.25) is 9.59 Å². The van der Waals surface area contributed by atoms with E-state index in [9.17, 15) is 9.59 Å². The topological polar surface area (TPSA) is 82.8 Å². The van der Waals surface area contributed by atoms with Crippen molar-refractivity contribution in [1.82, 2.24) is 9.66 Å². The van der Waals surface area contributed by atoms with E-state index in [-0.39, 0.29) is 17.2 Å². The van der Waals surface area contributed by atoms with Crippen molar-refractivity contribution in [3.05, 3.63) is 61.0 Å². The average molecular weight is 591 g/mol. The Morgan fingerprint density at radius 3 is 2.65 bits per heavy atom. The summed E-state index contributed by atoms with van der Waals surface area (Å²) in [6.07, 6.45) is 7.00. The predicted molar refractivity (Wildman–Crippen MR) is 139 cm³/mol. The molecule has 0 atom stereocenters. The summed E-state index contributed by atoms with van der Waals surface area (Å²) in [4.78, 5) is 29.8. The molecule has 4 rings (SSSR count). The number of carbonyl (C=O) groups excluding carboxylic acids is 1. The molecule has 0 radical (unpaired) electrons. The average Bonchev–Trinajstić information content (AvgIpc) is 2.84. The van der Waals surface area contributed by atoms with Gasteiger partial charge in [0.1, 0.15) is 5.82 Å². The first-order valence-electron chi connectivity index (χ1n) is 11.3. The largest absolute Gasteiger partial charge is 0.490 e. The molecule has 0 bridgehead atoms. The molecule has 0 saturated heterocycles. The Hall–Kier alpha value is -2.52. The van der Waals surface area contributed by atoms with Crippen LogP contribution in [-0.2, 0) is 4.79 Å². The monoisotopic (exact) mass is 589 g/mol. The van der Waals surface area contributed by atoms with Gasteiger partial charge >= 0.3 is 5.97 Å². The van der Waals surface area contributed by atoms with Gasteiger partial charge in [-0.15, -0.1) is 0 Å². The zero-order valence-electron chi connectivity index (χ0n) is 19.0. The molecule has 1 saturated carbocycles. The zero-order chi connectivity index (χ0) is 24.2. The Balaban J connectivity index is 1.84. The number of rotatable bonds is 6. The van der Waals surface area contributed by atoms with Crippen LogP contribution in [0.4, 0.5) is 0 Å². The van der Waals surface area contributed by atoms with E-state index >= 15 is 0 Å². The minimum Gasteiger partial charge on any atom is -0.490 e. The van der Waals surface area contributed by atoms with Crippen molar-refractivity contribution in [2.75, 3.05) is 6.61 Å². The fraction of sp³-hybridized carbons (Fsp3) is 0.360. The minimum absolute atomic E-state index is 0.184. The van der Waals surface area contributed by atoms with Crippen LogP contribution in [-0.4, -0.2) is 28.5 Å². The first-order chi connectivity index (χ1) is 16.4. The maximum atomic E-state index is 13.4. The van der Waals surface area contributed by atoms with E-state index in [2.05, 4.69) is 37.0 Å². The van der Waals surface area contributed by atoms with Crippen LogP contribution in [0.5, 0.6) is 11.5 Å². The van der Waals surface area contributed by atoms with Crippen LogP contribution in [0.1, 0.15) is 63.3 Å². The molecule has 34 heavy (non-hydrogen) atoms. The van der Waals surface area contributed by atoms with Crippen molar-refractivity contribution in [3.63, 3.8) is 0 Å². The molecule has 1 fully saturated rings. The molecule has 1 aliphatic carbocycles. The Kier molecular flexibility index (Phi) is 7.83. The molecule has 1 aliphatic rings. The number of aromatic nitrogens is 2. The van der Waals surface area contributed by atoms with Crippen LogP contribution < -0.4 is 15.0 Å². The van der Waals surface area contributed by atoms with Gasteiger partial charge in [-0.25, -0.2) is 4.98 Å². The Morgan fingerprint density at radius 2 is 1.94 bits per heavy atom. The van der Waals surface area contributed by atoms with Gasteiger partial charge in [-0.05, 0) is 69.8 Å². The summed E-state index contributed by atoms with van der Waals surface area (Å²) < 4.78 is 13.6. The highest BCUT2D eigenvalue weighted by Crippen LogP contribution is 2.42. The van der Waals surface area contributed by atoms with Gasteiger partial charge in [0, 0.05) is 22.9 Å². The second-order valence-corrected chi connectivity index (χ2v) is 9.72. The second-order valence-electron chi connectivity index (χ2n) is 8.13. The van der Waals surface area contributed by atoms with E-state index in [0.717, 1.165) is 25.7 Å². The van der Waals surface area contributed by atoms with E-state index in [1.54, 1.807) is 18.3 Å². The maximum absolute atomic E-state index is 13.4. The van der Waals surface area contributed by atoms with Crippen LogP contribution in [0, 0.1) is 0 Å². The zero-order valence-corrected chi connectivity index (χ0v) is 22.2. The van der Waals surface area contributed by atoms with Crippen LogP contribution in [0.3, 0.4) is 0 Å². The maximum Gasteiger partial charge on any atom is 0.308 e. The van der Waals surface area contributed by atoms with Crippen molar-refractivity contribution < 1.29 is 14.3 Å².